The van der Waals surface area contributed by atoms with E-state index in [2.05, 4.69) is 12.2 Å². The van der Waals surface area contributed by atoms with Gasteiger partial charge in [0, 0.05) is 6.04 Å². The number of nitriles is 1. The molecule has 5 heteroatoms. The van der Waals surface area contributed by atoms with Crippen LogP contribution in [0.5, 0.6) is 5.75 Å². The molecule has 0 bridgehead atoms. The molecule has 2 unspecified atom stereocenters. The number of nitrogens with zero attached hydrogens (tertiary/aromatic N) is 1. The molecule has 0 saturated heterocycles. The normalized spacial score (nSPS) is 13.2. The molecule has 1 amide bonds. The number of ether oxygens (including phenoxy) is 1. The minimum absolute atomic E-state index is 0.120. The number of hydrogen-bond acceptors (Lipinski definition) is 3. The van der Waals surface area contributed by atoms with Crippen molar-refractivity contribution in [2.24, 2.45) is 0 Å². The summed E-state index contributed by atoms with van der Waals surface area (Å²) < 4.78 is 5.53. The number of rotatable bonds is 6. The van der Waals surface area contributed by atoms with Crippen LogP contribution in [0.15, 0.2) is 18.2 Å². The van der Waals surface area contributed by atoms with Crippen LogP contribution in [-0.4, -0.2) is 18.1 Å². The molecule has 0 aliphatic heterocycles. The first-order valence-electron chi connectivity index (χ1n) is 6.64. The second kappa shape index (κ2) is 7.76. The lowest BCUT2D eigenvalue weighted by molar-refractivity contribution is -0.127. The van der Waals surface area contributed by atoms with Crippen molar-refractivity contribution in [3.8, 4) is 11.8 Å². The van der Waals surface area contributed by atoms with Crippen LogP contribution in [0.25, 0.3) is 0 Å². The van der Waals surface area contributed by atoms with Gasteiger partial charge in [0.25, 0.3) is 5.91 Å². The molecule has 4 nitrogen and oxygen atoms in total. The standard InChI is InChI=1S/C15H19ClN2O2/c1-4-5-10(2)18-15(19)11(3)20-14-7-6-12(9-17)8-13(14)16/h6-8,10-11H,4-5H2,1-3H3,(H,18,19). The van der Waals surface area contributed by atoms with Gasteiger partial charge in [-0.1, -0.05) is 24.9 Å². The van der Waals surface area contributed by atoms with Crippen LogP contribution in [0.1, 0.15) is 39.2 Å². The number of nitrogens with one attached hydrogen (secondary N) is 1. The van der Waals surface area contributed by atoms with Gasteiger partial charge in [0.2, 0.25) is 0 Å². The second-order valence-electron chi connectivity index (χ2n) is 4.72. The van der Waals surface area contributed by atoms with E-state index >= 15 is 0 Å². The maximum absolute atomic E-state index is 11.9. The molecule has 1 rings (SSSR count). The predicted molar refractivity (Wildman–Crippen MR) is 78.8 cm³/mol. The quantitative estimate of drug-likeness (QED) is 0.876. The van der Waals surface area contributed by atoms with Gasteiger partial charge in [-0.2, -0.15) is 5.26 Å². The van der Waals surface area contributed by atoms with Crippen molar-refractivity contribution < 1.29 is 9.53 Å². The molecule has 0 spiro atoms. The van der Waals surface area contributed by atoms with Crippen molar-refractivity contribution in [1.29, 1.82) is 5.26 Å². The fourth-order valence-corrected chi connectivity index (χ4v) is 2.00. The number of benzene rings is 1. The van der Waals surface area contributed by atoms with Gasteiger partial charge in [-0.15, -0.1) is 0 Å². The molecular weight excluding hydrogens is 276 g/mol. The maximum Gasteiger partial charge on any atom is 0.260 e. The first-order chi connectivity index (χ1) is 9.47. The number of halogens is 1. The van der Waals surface area contributed by atoms with Crippen LogP contribution >= 0.6 is 11.6 Å². The summed E-state index contributed by atoms with van der Waals surface area (Å²) in [5.74, 6) is 0.225. The van der Waals surface area contributed by atoms with Gasteiger partial charge in [-0.05, 0) is 38.5 Å². The van der Waals surface area contributed by atoms with E-state index in [4.69, 9.17) is 21.6 Å². The van der Waals surface area contributed by atoms with Gasteiger partial charge in [0.05, 0.1) is 16.7 Å². The lowest BCUT2D eigenvalue weighted by atomic mass is 10.2. The lowest BCUT2D eigenvalue weighted by Crippen LogP contribution is -2.41. The Hall–Kier alpha value is -1.73. The van der Waals surface area contributed by atoms with E-state index in [-0.39, 0.29) is 11.9 Å². The maximum atomic E-state index is 11.9. The molecule has 0 aliphatic rings. The van der Waals surface area contributed by atoms with Gasteiger partial charge in [-0.25, -0.2) is 0 Å². The second-order valence-corrected chi connectivity index (χ2v) is 5.12. The number of amides is 1. The average Bonchev–Trinajstić information content (AvgIpc) is 2.41. The Balaban J connectivity index is 2.64. The van der Waals surface area contributed by atoms with Crippen molar-refractivity contribution in [3.63, 3.8) is 0 Å². The summed E-state index contributed by atoms with van der Waals surface area (Å²) in [6.45, 7) is 5.70. The Morgan fingerprint density at radius 3 is 2.75 bits per heavy atom. The van der Waals surface area contributed by atoms with Crippen LogP contribution in [0.2, 0.25) is 5.02 Å². The minimum Gasteiger partial charge on any atom is -0.479 e. The van der Waals surface area contributed by atoms with E-state index in [1.807, 2.05) is 13.0 Å². The van der Waals surface area contributed by atoms with Crippen LogP contribution in [0.4, 0.5) is 0 Å². The molecule has 0 aromatic heterocycles. The number of hydrogen-bond donors (Lipinski definition) is 1. The smallest absolute Gasteiger partial charge is 0.260 e. The third-order valence-electron chi connectivity index (χ3n) is 2.84. The summed E-state index contributed by atoms with van der Waals surface area (Å²) in [5, 5.41) is 12.0. The molecule has 0 aliphatic carbocycles. The summed E-state index contributed by atoms with van der Waals surface area (Å²) in [6, 6.07) is 6.83. The molecule has 1 aromatic rings. The zero-order valence-corrected chi connectivity index (χ0v) is 12.7. The highest BCUT2D eigenvalue weighted by atomic mass is 35.5. The van der Waals surface area contributed by atoms with Crippen molar-refractivity contribution in [2.75, 3.05) is 0 Å². The lowest BCUT2D eigenvalue weighted by Gasteiger charge is -2.18. The molecule has 0 fully saturated rings. The summed E-state index contributed by atoms with van der Waals surface area (Å²) in [5.41, 5.74) is 0.455. The zero-order chi connectivity index (χ0) is 15.1. The van der Waals surface area contributed by atoms with Gasteiger partial charge in [0.1, 0.15) is 5.75 Å². The van der Waals surface area contributed by atoms with E-state index in [9.17, 15) is 4.79 Å². The van der Waals surface area contributed by atoms with E-state index in [1.54, 1.807) is 19.1 Å². The molecule has 0 heterocycles. The minimum atomic E-state index is -0.639. The van der Waals surface area contributed by atoms with E-state index in [0.717, 1.165) is 12.8 Å². The first-order valence-corrected chi connectivity index (χ1v) is 7.02. The van der Waals surface area contributed by atoms with Gasteiger partial charge >= 0.3 is 0 Å². The van der Waals surface area contributed by atoms with E-state index < -0.39 is 6.10 Å². The fourth-order valence-electron chi connectivity index (χ4n) is 1.78. The summed E-state index contributed by atoms with van der Waals surface area (Å²) >= 11 is 6.00. The van der Waals surface area contributed by atoms with Crippen LogP contribution in [-0.2, 0) is 4.79 Å². The Bertz CT molecular complexity index is 511. The monoisotopic (exact) mass is 294 g/mol. The van der Waals surface area contributed by atoms with Crippen LogP contribution < -0.4 is 10.1 Å². The van der Waals surface area contributed by atoms with Crippen molar-refractivity contribution in [1.82, 2.24) is 5.32 Å². The number of carbonyl (C=O) groups excluding carboxylic acids is 1. The molecule has 1 N–H and O–H groups in total. The van der Waals surface area contributed by atoms with Gasteiger partial charge in [-0.3, -0.25) is 4.79 Å². The zero-order valence-electron chi connectivity index (χ0n) is 11.9. The van der Waals surface area contributed by atoms with Gasteiger partial charge in [0.15, 0.2) is 6.10 Å². The van der Waals surface area contributed by atoms with Crippen LogP contribution in [0.3, 0.4) is 0 Å². The highest BCUT2D eigenvalue weighted by Crippen LogP contribution is 2.26. The summed E-state index contributed by atoms with van der Waals surface area (Å²) in [6.07, 6.45) is 1.30. The van der Waals surface area contributed by atoms with Gasteiger partial charge < -0.3 is 10.1 Å². The Morgan fingerprint density at radius 2 is 2.20 bits per heavy atom. The Labute approximate surface area is 124 Å². The molecule has 108 valence electrons. The Kier molecular flexibility index (Phi) is 6.33. The van der Waals surface area contributed by atoms with Crippen molar-refractivity contribution in [2.45, 2.75) is 45.8 Å². The highest BCUT2D eigenvalue weighted by molar-refractivity contribution is 6.32. The van der Waals surface area contributed by atoms with Crippen molar-refractivity contribution in [3.05, 3.63) is 28.8 Å². The molecule has 0 radical (unpaired) electrons. The third-order valence-corrected chi connectivity index (χ3v) is 3.14. The summed E-state index contributed by atoms with van der Waals surface area (Å²) in [4.78, 5) is 11.9. The predicted octanol–water partition coefficient (Wildman–Crippen LogP) is 3.28. The van der Waals surface area contributed by atoms with Crippen LogP contribution in [0, 0.1) is 11.3 Å². The Morgan fingerprint density at radius 1 is 1.50 bits per heavy atom. The first kappa shape index (κ1) is 16.3. The SMILES string of the molecule is CCCC(C)NC(=O)C(C)Oc1ccc(C#N)cc1Cl. The molecular formula is C15H19ClN2O2. The fraction of sp³-hybridized carbons (Fsp3) is 0.467. The van der Waals surface area contributed by atoms with E-state index in [0.29, 0.717) is 16.3 Å². The largest absolute Gasteiger partial charge is 0.479 e. The molecule has 20 heavy (non-hydrogen) atoms. The molecule has 1 aromatic carbocycles. The molecule has 2 atom stereocenters. The van der Waals surface area contributed by atoms with Crippen molar-refractivity contribution >= 4 is 17.5 Å². The molecule has 0 saturated carbocycles. The van der Waals surface area contributed by atoms with E-state index in [1.165, 1.54) is 6.07 Å². The highest BCUT2D eigenvalue weighted by Gasteiger charge is 2.17. The number of carbonyl (C=O) groups is 1. The topological polar surface area (TPSA) is 62.1 Å². The third kappa shape index (κ3) is 4.75. The summed E-state index contributed by atoms with van der Waals surface area (Å²) in [7, 11) is 0. The average molecular weight is 295 g/mol.